The van der Waals surface area contributed by atoms with Crippen LogP contribution in [0.5, 0.6) is 0 Å². The third-order valence-electron chi connectivity index (χ3n) is 4.87. The summed E-state index contributed by atoms with van der Waals surface area (Å²) in [6, 6.07) is 18.7. The van der Waals surface area contributed by atoms with Gasteiger partial charge in [0.1, 0.15) is 12.1 Å². The van der Waals surface area contributed by atoms with Crippen LogP contribution >= 0.6 is 23.2 Å². The topological polar surface area (TPSA) is 38.0 Å². The molecule has 3 aromatic carbocycles. The first-order valence-electron chi connectivity index (χ1n) is 9.09. The molecule has 1 aliphatic heterocycles. The molecule has 1 saturated heterocycles. The number of guanidine groups is 1. The van der Waals surface area contributed by atoms with Crippen molar-refractivity contribution < 1.29 is 13.8 Å². The summed E-state index contributed by atoms with van der Waals surface area (Å²) in [5, 5.41) is 8.10. The summed E-state index contributed by atoms with van der Waals surface area (Å²) >= 11 is 12.9. The normalized spacial score (nSPS) is 19.8. The van der Waals surface area contributed by atoms with Gasteiger partial charge in [0, 0.05) is 21.2 Å². The van der Waals surface area contributed by atoms with Gasteiger partial charge in [-0.05, 0) is 29.8 Å². The molecule has 0 aromatic heterocycles. The van der Waals surface area contributed by atoms with E-state index in [9.17, 15) is 8.78 Å². The summed E-state index contributed by atoms with van der Waals surface area (Å²) in [4.78, 5) is 3.20. The predicted octanol–water partition coefficient (Wildman–Crippen LogP) is 3.88. The van der Waals surface area contributed by atoms with Crippen molar-refractivity contribution in [2.24, 2.45) is 0 Å². The monoisotopic (exact) mass is 432 g/mol. The second kappa shape index (κ2) is 8.39. The van der Waals surface area contributed by atoms with E-state index in [1.807, 2.05) is 48.5 Å². The zero-order valence-corrected chi connectivity index (χ0v) is 16.7. The minimum absolute atomic E-state index is 0.170. The minimum atomic E-state index is -0.871. The molecular weight excluding hydrogens is 415 g/mol. The lowest BCUT2D eigenvalue weighted by molar-refractivity contribution is -0.479. The fourth-order valence-electron chi connectivity index (χ4n) is 3.43. The van der Waals surface area contributed by atoms with Crippen LogP contribution in [0.3, 0.4) is 0 Å². The Morgan fingerprint density at radius 1 is 0.759 bits per heavy atom. The van der Waals surface area contributed by atoms with E-state index >= 15 is 0 Å². The first-order valence-corrected chi connectivity index (χ1v) is 9.85. The molecule has 0 bridgehead atoms. The molecule has 3 nitrogen and oxygen atoms in total. The van der Waals surface area contributed by atoms with Crippen LogP contribution in [-0.4, -0.2) is 5.96 Å². The first-order chi connectivity index (χ1) is 14.0. The summed E-state index contributed by atoms with van der Waals surface area (Å²) in [6.45, 7) is 0.316. The summed E-state index contributed by atoms with van der Waals surface area (Å²) in [6.07, 6.45) is 0. The van der Waals surface area contributed by atoms with Gasteiger partial charge >= 0.3 is 5.96 Å². The molecule has 3 N–H and O–H groups in total. The van der Waals surface area contributed by atoms with E-state index in [1.165, 1.54) is 12.1 Å². The van der Waals surface area contributed by atoms with Crippen molar-refractivity contribution >= 4 is 29.2 Å². The molecule has 148 valence electrons. The van der Waals surface area contributed by atoms with E-state index in [0.717, 1.165) is 17.2 Å². The maximum absolute atomic E-state index is 13.5. The number of benzene rings is 3. The Kier molecular flexibility index (Phi) is 5.69. The first kappa shape index (κ1) is 19.7. The molecule has 3 aromatic rings. The zero-order valence-electron chi connectivity index (χ0n) is 15.2. The van der Waals surface area contributed by atoms with Gasteiger partial charge in [0.15, 0.2) is 11.6 Å². The Balaban J connectivity index is 1.65. The standard InChI is InChI=1S/C22H17Cl2F2N3/c23-16-7-3-1-5-14(16)20-21(15-6-2-4-8-17(15)24)29-22(28-20)27-12-13-9-10-18(25)19(26)11-13/h1-11,20-21H,12H2,(H2,27,28,29)/p+1/t20-,21+. The maximum Gasteiger partial charge on any atom is 0.344 e. The molecule has 0 saturated carbocycles. The van der Waals surface area contributed by atoms with Crippen LogP contribution in [0.1, 0.15) is 28.8 Å². The molecule has 0 amide bonds. The SMILES string of the molecule is Fc1ccc(C[NH+]=C2N[C@H](c3ccccc3Cl)[C@H](c3ccccc3Cl)N2)cc1F. The molecule has 0 aliphatic carbocycles. The number of nitrogens with one attached hydrogen (secondary N) is 3. The van der Waals surface area contributed by atoms with Crippen LogP contribution in [0, 0.1) is 11.6 Å². The molecule has 1 fully saturated rings. The molecule has 4 rings (SSSR count). The number of hydrogen-bond donors (Lipinski definition) is 3. The van der Waals surface area contributed by atoms with E-state index in [0.29, 0.717) is 28.1 Å². The molecule has 0 unspecified atom stereocenters. The quantitative estimate of drug-likeness (QED) is 0.585. The van der Waals surface area contributed by atoms with E-state index in [4.69, 9.17) is 23.2 Å². The van der Waals surface area contributed by atoms with Gasteiger partial charge in [-0.1, -0.05) is 65.7 Å². The van der Waals surface area contributed by atoms with Crippen molar-refractivity contribution in [1.29, 1.82) is 0 Å². The smallest absolute Gasteiger partial charge is 0.274 e. The average Bonchev–Trinajstić information content (AvgIpc) is 3.13. The van der Waals surface area contributed by atoms with Crippen molar-refractivity contribution in [2.45, 2.75) is 18.6 Å². The highest BCUT2D eigenvalue weighted by Crippen LogP contribution is 2.37. The number of rotatable bonds is 4. The van der Waals surface area contributed by atoms with Crippen LogP contribution in [0.4, 0.5) is 8.78 Å². The summed E-state index contributed by atoms with van der Waals surface area (Å²) in [5.41, 5.74) is 2.47. The maximum atomic E-state index is 13.5. The lowest BCUT2D eigenvalue weighted by Crippen LogP contribution is -2.76. The fraction of sp³-hybridized carbons (Fsp3) is 0.136. The van der Waals surface area contributed by atoms with E-state index < -0.39 is 11.6 Å². The van der Waals surface area contributed by atoms with Crippen molar-refractivity contribution in [3.8, 4) is 0 Å². The summed E-state index contributed by atoms with van der Waals surface area (Å²) in [5.74, 6) is -1.08. The third-order valence-corrected chi connectivity index (χ3v) is 5.56. The predicted molar refractivity (Wildman–Crippen MR) is 111 cm³/mol. The minimum Gasteiger partial charge on any atom is -0.274 e. The summed E-state index contributed by atoms with van der Waals surface area (Å²) in [7, 11) is 0. The second-order valence-electron chi connectivity index (χ2n) is 6.76. The fourth-order valence-corrected chi connectivity index (χ4v) is 3.94. The van der Waals surface area contributed by atoms with Gasteiger partial charge < -0.3 is 0 Å². The van der Waals surface area contributed by atoms with Gasteiger partial charge in [-0.25, -0.2) is 8.78 Å². The van der Waals surface area contributed by atoms with Crippen LogP contribution < -0.4 is 15.6 Å². The highest BCUT2D eigenvalue weighted by molar-refractivity contribution is 6.32. The highest BCUT2D eigenvalue weighted by atomic mass is 35.5. The lowest BCUT2D eigenvalue weighted by Gasteiger charge is -2.17. The molecular formula is C22H18Cl2F2N3+. The molecule has 1 heterocycles. The summed E-state index contributed by atoms with van der Waals surface area (Å²) < 4.78 is 26.6. The Hall–Kier alpha value is -2.63. The van der Waals surface area contributed by atoms with Gasteiger partial charge in [-0.15, -0.1) is 0 Å². The van der Waals surface area contributed by atoms with Crippen LogP contribution in [-0.2, 0) is 6.54 Å². The van der Waals surface area contributed by atoms with Gasteiger partial charge in [0.2, 0.25) is 0 Å². The molecule has 0 spiro atoms. The van der Waals surface area contributed by atoms with Gasteiger partial charge in [-0.2, -0.15) is 0 Å². The highest BCUT2D eigenvalue weighted by Gasteiger charge is 2.40. The Bertz CT molecular complexity index is 1020. The second-order valence-corrected chi connectivity index (χ2v) is 7.58. The third kappa shape index (κ3) is 4.21. The molecule has 1 aliphatic rings. The number of halogens is 4. The average molecular weight is 433 g/mol. The Morgan fingerprint density at radius 3 is 1.83 bits per heavy atom. The molecule has 29 heavy (non-hydrogen) atoms. The van der Waals surface area contributed by atoms with Gasteiger partial charge in [0.05, 0.1) is 6.54 Å². The molecule has 2 atom stereocenters. The van der Waals surface area contributed by atoms with Crippen LogP contribution in [0.2, 0.25) is 10.0 Å². The number of hydrogen-bond acceptors (Lipinski definition) is 0. The van der Waals surface area contributed by atoms with E-state index in [-0.39, 0.29) is 12.1 Å². The van der Waals surface area contributed by atoms with Crippen LogP contribution in [0.15, 0.2) is 66.7 Å². The lowest BCUT2D eigenvalue weighted by atomic mass is 9.95. The van der Waals surface area contributed by atoms with Gasteiger partial charge in [0.25, 0.3) is 0 Å². The zero-order chi connectivity index (χ0) is 20.4. The van der Waals surface area contributed by atoms with E-state index in [2.05, 4.69) is 15.6 Å². The van der Waals surface area contributed by atoms with Crippen molar-refractivity contribution in [2.75, 3.05) is 0 Å². The Labute approximate surface area is 177 Å². The van der Waals surface area contributed by atoms with Crippen molar-refractivity contribution in [3.05, 3.63) is 105 Å². The largest absolute Gasteiger partial charge is 0.344 e. The molecule has 7 heteroatoms. The molecule has 0 radical (unpaired) electrons. The Morgan fingerprint density at radius 2 is 1.31 bits per heavy atom. The van der Waals surface area contributed by atoms with Crippen LogP contribution in [0.25, 0.3) is 0 Å². The van der Waals surface area contributed by atoms with E-state index in [1.54, 1.807) is 0 Å². The van der Waals surface area contributed by atoms with Gasteiger partial charge in [-0.3, -0.25) is 15.6 Å². The van der Waals surface area contributed by atoms with Crippen molar-refractivity contribution in [1.82, 2.24) is 10.6 Å². The van der Waals surface area contributed by atoms with Crippen molar-refractivity contribution in [3.63, 3.8) is 0 Å².